The van der Waals surface area contributed by atoms with Gasteiger partial charge in [-0.25, -0.2) is 4.79 Å². The quantitative estimate of drug-likeness (QED) is 0.264. The maximum absolute atomic E-state index is 12.6. The van der Waals surface area contributed by atoms with E-state index in [4.69, 9.17) is 9.47 Å². The molecule has 1 heterocycles. The van der Waals surface area contributed by atoms with Gasteiger partial charge in [0, 0.05) is 18.5 Å². The normalized spacial score (nSPS) is 15.9. The van der Waals surface area contributed by atoms with Crippen LogP contribution in [-0.2, 0) is 14.3 Å². The molecule has 0 unspecified atom stereocenters. The predicted octanol–water partition coefficient (Wildman–Crippen LogP) is 4.55. The summed E-state index contributed by atoms with van der Waals surface area (Å²) in [5, 5.41) is 0. The molecule has 0 spiro atoms. The Morgan fingerprint density at radius 2 is 1.56 bits per heavy atom. The maximum atomic E-state index is 12.6. The van der Waals surface area contributed by atoms with Crippen molar-refractivity contribution >= 4 is 23.6 Å². The first kappa shape index (κ1) is 24.9. The van der Waals surface area contributed by atoms with Crippen LogP contribution in [0.2, 0.25) is 0 Å². The first-order valence-electron chi connectivity index (χ1n) is 11.7. The molecular formula is C29H27NO6. The van der Waals surface area contributed by atoms with Crippen molar-refractivity contribution in [2.75, 3.05) is 13.2 Å². The van der Waals surface area contributed by atoms with Crippen LogP contribution in [0.15, 0.2) is 78.9 Å². The third-order valence-corrected chi connectivity index (χ3v) is 6.26. The van der Waals surface area contributed by atoms with Gasteiger partial charge >= 0.3 is 11.9 Å². The van der Waals surface area contributed by atoms with Crippen LogP contribution in [0.1, 0.15) is 51.2 Å². The number of hydrogen-bond donors (Lipinski definition) is 0. The predicted molar refractivity (Wildman–Crippen MR) is 133 cm³/mol. The molecule has 36 heavy (non-hydrogen) atoms. The van der Waals surface area contributed by atoms with Gasteiger partial charge in [0.15, 0.2) is 12.4 Å². The summed E-state index contributed by atoms with van der Waals surface area (Å²) in [5.74, 6) is -1.88. The number of carbonyl (C=O) groups is 4. The number of esters is 2. The first-order valence-corrected chi connectivity index (χ1v) is 11.7. The van der Waals surface area contributed by atoms with E-state index in [1.54, 1.807) is 17.0 Å². The van der Waals surface area contributed by atoms with E-state index in [1.165, 1.54) is 24.3 Å². The summed E-state index contributed by atoms with van der Waals surface area (Å²) in [4.78, 5) is 51.5. The van der Waals surface area contributed by atoms with E-state index in [1.807, 2.05) is 56.3 Å². The zero-order chi connectivity index (χ0) is 25.7. The summed E-state index contributed by atoms with van der Waals surface area (Å²) in [6.45, 7) is 3.67. The van der Waals surface area contributed by atoms with Gasteiger partial charge in [-0.05, 0) is 55.8 Å². The Kier molecular flexibility index (Phi) is 7.59. The summed E-state index contributed by atoms with van der Waals surface area (Å²) in [6, 6.07) is 22.5. The summed E-state index contributed by atoms with van der Waals surface area (Å²) < 4.78 is 10.6. The van der Waals surface area contributed by atoms with Gasteiger partial charge in [0.05, 0.1) is 17.5 Å². The average molecular weight is 486 g/mol. The number of aryl methyl sites for hydroxylation is 1. The smallest absolute Gasteiger partial charge is 0.343 e. The van der Waals surface area contributed by atoms with E-state index in [0.717, 1.165) is 11.1 Å². The highest BCUT2D eigenvalue weighted by Crippen LogP contribution is 2.29. The topological polar surface area (TPSA) is 90.0 Å². The highest BCUT2D eigenvalue weighted by molar-refractivity contribution is 5.98. The Hall–Kier alpha value is -4.26. The SMILES string of the molecule is Cc1ccc(C(=O)Oc2ccc(C(=O)COC(=O)[C@@H]3CC(=O)N([C@@H](C)c4ccccc4)C3)cc2)cc1. The van der Waals surface area contributed by atoms with Crippen molar-refractivity contribution < 1.29 is 28.7 Å². The fourth-order valence-corrected chi connectivity index (χ4v) is 4.08. The van der Waals surface area contributed by atoms with E-state index in [0.29, 0.717) is 16.9 Å². The number of hydrogen-bond acceptors (Lipinski definition) is 6. The van der Waals surface area contributed by atoms with Crippen LogP contribution in [0.4, 0.5) is 0 Å². The Balaban J connectivity index is 1.28. The molecule has 0 radical (unpaired) electrons. The minimum absolute atomic E-state index is 0.0608. The third kappa shape index (κ3) is 5.86. The van der Waals surface area contributed by atoms with Crippen molar-refractivity contribution in [3.05, 3.63) is 101 Å². The number of amides is 1. The van der Waals surface area contributed by atoms with Gasteiger partial charge < -0.3 is 14.4 Å². The maximum Gasteiger partial charge on any atom is 0.343 e. The minimum Gasteiger partial charge on any atom is -0.457 e. The second kappa shape index (κ2) is 11.0. The Labute approximate surface area is 209 Å². The molecule has 1 saturated heterocycles. The molecule has 184 valence electrons. The monoisotopic (exact) mass is 485 g/mol. The number of nitrogens with zero attached hydrogens (tertiary/aromatic N) is 1. The summed E-state index contributed by atoms with van der Waals surface area (Å²) in [7, 11) is 0. The standard InChI is InChI=1S/C29H27NO6/c1-19-8-10-23(11-9-19)29(34)36-25-14-12-22(13-15-25)26(31)18-35-28(33)24-16-27(32)30(17-24)20(2)21-6-4-3-5-7-21/h3-15,20,24H,16-18H2,1-2H3/t20-,24+/m0/s1. The average Bonchev–Trinajstić information content (AvgIpc) is 3.29. The van der Waals surface area contributed by atoms with Crippen LogP contribution in [0.5, 0.6) is 5.75 Å². The Morgan fingerprint density at radius 3 is 2.22 bits per heavy atom. The van der Waals surface area contributed by atoms with Gasteiger partial charge in [0.1, 0.15) is 5.75 Å². The molecule has 0 bridgehead atoms. The Bertz CT molecular complexity index is 1250. The molecule has 1 fully saturated rings. The lowest BCUT2D eigenvalue weighted by Crippen LogP contribution is -2.30. The Morgan fingerprint density at radius 1 is 0.917 bits per heavy atom. The number of benzene rings is 3. The zero-order valence-corrected chi connectivity index (χ0v) is 20.2. The number of rotatable bonds is 8. The van der Waals surface area contributed by atoms with Crippen molar-refractivity contribution in [3.63, 3.8) is 0 Å². The van der Waals surface area contributed by atoms with Crippen LogP contribution < -0.4 is 4.74 Å². The second-order valence-electron chi connectivity index (χ2n) is 8.84. The molecule has 3 aromatic rings. The van der Waals surface area contributed by atoms with Crippen molar-refractivity contribution in [2.24, 2.45) is 5.92 Å². The van der Waals surface area contributed by atoms with E-state index < -0.39 is 30.2 Å². The molecule has 7 heteroatoms. The first-order chi connectivity index (χ1) is 17.3. The molecule has 1 aliphatic heterocycles. The lowest BCUT2D eigenvalue weighted by atomic mass is 10.1. The summed E-state index contributed by atoms with van der Waals surface area (Å²) >= 11 is 0. The van der Waals surface area contributed by atoms with Gasteiger partial charge in [-0.15, -0.1) is 0 Å². The molecule has 2 atom stereocenters. The highest BCUT2D eigenvalue weighted by Gasteiger charge is 2.38. The lowest BCUT2D eigenvalue weighted by Gasteiger charge is -2.25. The van der Waals surface area contributed by atoms with Crippen LogP contribution in [0.3, 0.4) is 0 Å². The molecule has 0 aliphatic carbocycles. The van der Waals surface area contributed by atoms with Crippen molar-refractivity contribution in [3.8, 4) is 5.75 Å². The zero-order valence-electron chi connectivity index (χ0n) is 20.2. The van der Waals surface area contributed by atoms with E-state index in [-0.39, 0.29) is 24.9 Å². The number of ketones is 1. The van der Waals surface area contributed by atoms with Gasteiger partial charge in [0.2, 0.25) is 5.91 Å². The fourth-order valence-electron chi connectivity index (χ4n) is 4.08. The molecule has 3 aromatic carbocycles. The molecule has 0 aromatic heterocycles. The van der Waals surface area contributed by atoms with Gasteiger partial charge in [-0.2, -0.15) is 0 Å². The van der Waals surface area contributed by atoms with E-state index >= 15 is 0 Å². The molecule has 0 saturated carbocycles. The molecule has 7 nitrogen and oxygen atoms in total. The number of carbonyl (C=O) groups excluding carboxylic acids is 4. The molecule has 1 amide bonds. The summed E-state index contributed by atoms with van der Waals surface area (Å²) in [6.07, 6.45) is 0.0608. The van der Waals surface area contributed by atoms with Crippen molar-refractivity contribution in [1.82, 2.24) is 4.90 Å². The van der Waals surface area contributed by atoms with E-state index in [9.17, 15) is 19.2 Å². The number of likely N-dealkylation sites (tertiary alicyclic amines) is 1. The highest BCUT2D eigenvalue weighted by atomic mass is 16.5. The fraction of sp³-hybridized carbons (Fsp3) is 0.241. The number of ether oxygens (including phenoxy) is 2. The molecule has 4 rings (SSSR count). The van der Waals surface area contributed by atoms with Gasteiger partial charge in [-0.1, -0.05) is 48.0 Å². The molecule has 1 aliphatic rings. The van der Waals surface area contributed by atoms with E-state index in [2.05, 4.69) is 0 Å². The van der Waals surface area contributed by atoms with Crippen molar-refractivity contribution in [1.29, 1.82) is 0 Å². The second-order valence-corrected chi connectivity index (χ2v) is 8.84. The van der Waals surface area contributed by atoms with Crippen molar-refractivity contribution in [2.45, 2.75) is 26.3 Å². The molecule has 0 N–H and O–H groups in total. The third-order valence-electron chi connectivity index (χ3n) is 6.26. The van der Waals surface area contributed by atoms with Gasteiger partial charge in [0.25, 0.3) is 0 Å². The summed E-state index contributed by atoms with van der Waals surface area (Å²) in [5.41, 5.74) is 2.77. The number of Topliss-reactive ketones (excluding diaryl/α,β-unsaturated/α-hetero) is 1. The minimum atomic E-state index is -0.611. The lowest BCUT2D eigenvalue weighted by molar-refractivity contribution is -0.147. The van der Waals surface area contributed by atoms with Crippen LogP contribution in [0, 0.1) is 12.8 Å². The van der Waals surface area contributed by atoms with Crippen LogP contribution in [0.25, 0.3) is 0 Å². The van der Waals surface area contributed by atoms with Crippen LogP contribution >= 0.6 is 0 Å². The van der Waals surface area contributed by atoms with Gasteiger partial charge in [-0.3, -0.25) is 14.4 Å². The molecular weight excluding hydrogens is 458 g/mol. The van der Waals surface area contributed by atoms with Crippen LogP contribution in [-0.4, -0.2) is 41.7 Å². The largest absolute Gasteiger partial charge is 0.457 e.